The molecule has 0 fully saturated rings. The first-order chi connectivity index (χ1) is 8.36. The van der Waals surface area contributed by atoms with Gasteiger partial charge in [-0.1, -0.05) is 22.4 Å². The van der Waals surface area contributed by atoms with E-state index in [1.54, 1.807) is 12.1 Å². The number of rotatable bonds is 7. The monoisotopic (exact) mass is 293 g/mol. The molecular formula is C13H16BrN3. The van der Waals surface area contributed by atoms with Crippen LogP contribution in [0.1, 0.15) is 31.2 Å². The lowest BCUT2D eigenvalue weighted by Gasteiger charge is -1.99. The molecule has 0 atom stereocenters. The Morgan fingerprint density at radius 1 is 1.24 bits per heavy atom. The Morgan fingerprint density at radius 2 is 2.00 bits per heavy atom. The van der Waals surface area contributed by atoms with E-state index in [0.717, 1.165) is 17.4 Å². The van der Waals surface area contributed by atoms with Gasteiger partial charge < -0.3 is 0 Å². The summed E-state index contributed by atoms with van der Waals surface area (Å²) in [5.41, 5.74) is 4.50. The molecule has 4 heteroatoms. The van der Waals surface area contributed by atoms with Crippen molar-refractivity contribution in [3.8, 4) is 6.07 Å². The Labute approximate surface area is 111 Å². The predicted octanol–water partition coefficient (Wildman–Crippen LogP) is 3.91. The smallest absolute Gasteiger partial charge is 0.0991 e. The number of benzene rings is 1. The molecule has 0 aliphatic rings. The maximum absolute atomic E-state index is 8.64. The summed E-state index contributed by atoms with van der Waals surface area (Å²) in [4.78, 5) is 0. The molecule has 0 saturated heterocycles. The fraction of sp³-hybridized carbons (Fsp3) is 0.385. The number of hydrazone groups is 1. The summed E-state index contributed by atoms with van der Waals surface area (Å²) in [6.45, 7) is 0. The van der Waals surface area contributed by atoms with Crippen LogP contribution in [0.15, 0.2) is 29.4 Å². The number of hydrogen-bond donors (Lipinski definition) is 1. The zero-order chi connectivity index (χ0) is 12.3. The van der Waals surface area contributed by atoms with Gasteiger partial charge in [0.25, 0.3) is 0 Å². The van der Waals surface area contributed by atoms with Crippen molar-refractivity contribution in [2.45, 2.75) is 25.7 Å². The van der Waals surface area contributed by atoms with E-state index in [9.17, 15) is 0 Å². The number of hydrogen-bond acceptors (Lipinski definition) is 3. The molecule has 0 heterocycles. The number of alkyl halides is 1. The van der Waals surface area contributed by atoms with Crippen LogP contribution in [0.5, 0.6) is 0 Å². The van der Waals surface area contributed by atoms with Gasteiger partial charge in [0.05, 0.1) is 17.3 Å². The second-order valence-electron chi connectivity index (χ2n) is 3.65. The molecule has 1 rings (SSSR count). The second kappa shape index (κ2) is 8.77. The highest BCUT2D eigenvalue weighted by molar-refractivity contribution is 9.09. The van der Waals surface area contributed by atoms with Crippen LogP contribution in [0.2, 0.25) is 0 Å². The molecule has 0 aromatic heterocycles. The minimum atomic E-state index is 0.661. The third kappa shape index (κ3) is 6.08. The molecule has 17 heavy (non-hydrogen) atoms. The summed E-state index contributed by atoms with van der Waals surface area (Å²) in [7, 11) is 0. The first-order valence-corrected chi connectivity index (χ1v) is 6.82. The third-order valence-electron chi connectivity index (χ3n) is 2.27. The maximum atomic E-state index is 8.64. The number of halogens is 1. The van der Waals surface area contributed by atoms with Gasteiger partial charge in [-0.15, -0.1) is 0 Å². The van der Waals surface area contributed by atoms with E-state index in [1.807, 2.05) is 18.3 Å². The van der Waals surface area contributed by atoms with Gasteiger partial charge in [0.2, 0.25) is 0 Å². The molecule has 90 valence electrons. The maximum Gasteiger partial charge on any atom is 0.0991 e. The average Bonchev–Trinajstić information content (AvgIpc) is 2.38. The van der Waals surface area contributed by atoms with Crippen molar-refractivity contribution in [2.24, 2.45) is 5.10 Å². The van der Waals surface area contributed by atoms with E-state index in [0.29, 0.717) is 5.56 Å². The molecule has 1 N–H and O–H groups in total. The minimum absolute atomic E-state index is 0.661. The molecule has 0 radical (unpaired) electrons. The largest absolute Gasteiger partial charge is 0.279 e. The van der Waals surface area contributed by atoms with Crippen LogP contribution in [-0.2, 0) is 0 Å². The van der Waals surface area contributed by atoms with Gasteiger partial charge in [-0.25, -0.2) is 0 Å². The lowest BCUT2D eigenvalue weighted by Crippen LogP contribution is -1.89. The Bertz CT molecular complexity index is 379. The van der Waals surface area contributed by atoms with Crippen LogP contribution in [-0.4, -0.2) is 11.5 Å². The van der Waals surface area contributed by atoms with Crippen LogP contribution >= 0.6 is 15.9 Å². The van der Waals surface area contributed by atoms with Gasteiger partial charge in [-0.2, -0.15) is 10.4 Å². The zero-order valence-electron chi connectivity index (χ0n) is 9.69. The van der Waals surface area contributed by atoms with Crippen LogP contribution < -0.4 is 5.43 Å². The summed E-state index contributed by atoms with van der Waals surface area (Å²) in [5, 5.41) is 13.8. The quantitative estimate of drug-likeness (QED) is 0.359. The molecule has 0 aliphatic carbocycles. The van der Waals surface area contributed by atoms with Crippen LogP contribution in [0.25, 0.3) is 0 Å². The minimum Gasteiger partial charge on any atom is -0.279 e. The predicted molar refractivity (Wildman–Crippen MR) is 75.5 cm³/mol. The topological polar surface area (TPSA) is 48.2 Å². The fourth-order valence-corrected chi connectivity index (χ4v) is 1.71. The van der Waals surface area contributed by atoms with Gasteiger partial charge in [0, 0.05) is 11.5 Å². The summed E-state index contributed by atoms with van der Waals surface area (Å²) < 4.78 is 0. The first kappa shape index (κ1) is 13.7. The van der Waals surface area contributed by atoms with Crippen LogP contribution in [0.3, 0.4) is 0 Å². The van der Waals surface area contributed by atoms with Gasteiger partial charge in [0.15, 0.2) is 0 Å². The molecule has 1 aromatic rings. The highest BCUT2D eigenvalue weighted by Crippen LogP contribution is 2.08. The summed E-state index contributed by atoms with van der Waals surface area (Å²) in [6, 6.07) is 9.32. The van der Waals surface area contributed by atoms with Crippen LogP contribution in [0.4, 0.5) is 5.69 Å². The van der Waals surface area contributed by atoms with Gasteiger partial charge in [0.1, 0.15) is 0 Å². The Balaban J connectivity index is 2.21. The molecule has 0 bridgehead atoms. The SMILES string of the molecule is N#Cc1ccc(NN=CCCCCCBr)cc1. The number of nitriles is 1. The normalized spacial score (nSPS) is 10.4. The molecular weight excluding hydrogens is 278 g/mol. The molecule has 0 saturated carbocycles. The second-order valence-corrected chi connectivity index (χ2v) is 4.44. The van der Waals surface area contributed by atoms with Crippen LogP contribution in [0, 0.1) is 11.3 Å². The van der Waals surface area contributed by atoms with E-state index < -0.39 is 0 Å². The average molecular weight is 294 g/mol. The highest BCUT2D eigenvalue weighted by atomic mass is 79.9. The lowest BCUT2D eigenvalue weighted by molar-refractivity contribution is 0.754. The summed E-state index contributed by atoms with van der Waals surface area (Å²) in [5.74, 6) is 0. The highest BCUT2D eigenvalue weighted by Gasteiger charge is 1.90. The Kier molecular flexibility index (Phi) is 7.08. The van der Waals surface area contributed by atoms with Crippen molar-refractivity contribution in [2.75, 3.05) is 10.8 Å². The van der Waals surface area contributed by atoms with Crippen molar-refractivity contribution < 1.29 is 0 Å². The molecule has 0 amide bonds. The standard InChI is InChI=1S/C13H16BrN3/c14-9-3-1-2-4-10-16-17-13-7-5-12(11-15)6-8-13/h5-8,10,17H,1-4,9H2. The Hall–Kier alpha value is -1.34. The number of nitrogens with zero attached hydrogens (tertiary/aromatic N) is 2. The molecule has 1 aromatic carbocycles. The van der Waals surface area contributed by atoms with E-state index in [2.05, 4.69) is 32.5 Å². The van der Waals surface area contributed by atoms with Gasteiger partial charge in [-0.3, -0.25) is 5.43 Å². The summed E-state index contributed by atoms with van der Waals surface area (Å²) in [6.07, 6.45) is 6.51. The molecule has 0 unspecified atom stereocenters. The summed E-state index contributed by atoms with van der Waals surface area (Å²) >= 11 is 3.41. The van der Waals surface area contributed by atoms with Gasteiger partial charge >= 0.3 is 0 Å². The zero-order valence-corrected chi connectivity index (χ0v) is 11.3. The first-order valence-electron chi connectivity index (χ1n) is 5.70. The lowest BCUT2D eigenvalue weighted by atomic mass is 10.2. The fourth-order valence-electron chi connectivity index (χ4n) is 1.31. The van der Waals surface area contributed by atoms with Crippen molar-refractivity contribution in [1.29, 1.82) is 5.26 Å². The van der Waals surface area contributed by atoms with Crippen molar-refractivity contribution >= 4 is 27.8 Å². The van der Waals surface area contributed by atoms with Crippen molar-refractivity contribution in [1.82, 2.24) is 0 Å². The molecule has 0 aliphatic heterocycles. The molecule has 3 nitrogen and oxygen atoms in total. The van der Waals surface area contributed by atoms with Crippen molar-refractivity contribution in [3.63, 3.8) is 0 Å². The number of nitrogens with one attached hydrogen (secondary N) is 1. The molecule has 0 spiro atoms. The third-order valence-corrected chi connectivity index (χ3v) is 2.83. The van der Waals surface area contributed by atoms with E-state index in [4.69, 9.17) is 5.26 Å². The Morgan fingerprint density at radius 3 is 2.65 bits per heavy atom. The van der Waals surface area contributed by atoms with E-state index in [1.165, 1.54) is 19.3 Å². The van der Waals surface area contributed by atoms with E-state index >= 15 is 0 Å². The van der Waals surface area contributed by atoms with Crippen molar-refractivity contribution in [3.05, 3.63) is 29.8 Å². The van der Waals surface area contributed by atoms with E-state index in [-0.39, 0.29) is 0 Å². The van der Waals surface area contributed by atoms with Gasteiger partial charge in [-0.05, 0) is 43.5 Å². The number of unbranched alkanes of at least 4 members (excludes halogenated alkanes) is 3. The number of anilines is 1.